The van der Waals surface area contributed by atoms with Gasteiger partial charge in [-0.3, -0.25) is 9.69 Å². The molecule has 0 aromatic carbocycles. The lowest BCUT2D eigenvalue weighted by atomic mass is 10.3. The second-order valence-corrected chi connectivity index (χ2v) is 5.66. The van der Waals surface area contributed by atoms with Gasteiger partial charge in [-0.25, -0.2) is 4.98 Å². The van der Waals surface area contributed by atoms with E-state index in [4.69, 9.17) is 9.47 Å². The molecule has 2 aliphatic heterocycles. The Balaban J connectivity index is 1.50. The highest BCUT2D eigenvalue weighted by Gasteiger charge is 2.24. The van der Waals surface area contributed by atoms with Crippen molar-refractivity contribution in [3.63, 3.8) is 0 Å². The molecule has 0 unspecified atom stereocenters. The quantitative estimate of drug-likeness (QED) is 0.738. The van der Waals surface area contributed by atoms with Crippen molar-refractivity contribution in [3.05, 3.63) is 12.3 Å². The van der Waals surface area contributed by atoms with Crippen molar-refractivity contribution >= 4 is 11.9 Å². The van der Waals surface area contributed by atoms with Crippen LogP contribution in [0.5, 0.6) is 5.88 Å². The zero-order chi connectivity index (χ0) is 16.1. The number of methoxy groups -OCH3 is 1. The second-order valence-electron chi connectivity index (χ2n) is 5.66. The van der Waals surface area contributed by atoms with Crippen LogP contribution in [0.4, 0.5) is 5.95 Å². The summed E-state index contributed by atoms with van der Waals surface area (Å²) >= 11 is 0. The van der Waals surface area contributed by atoms with E-state index in [1.54, 1.807) is 19.4 Å². The van der Waals surface area contributed by atoms with E-state index < -0.39 is 0 Å². The van der Waals surface area contributed by atoms with Gasteiger partial charge in [0.25, 0.3) is 0 Å². The Labute approximate surface area is 136 Å². The van der Waals surface area contributed by atoms with E-state index in [0.717, 1.165) is 26.2 Å². The van der Waals surface area contributed by atoms with Crippen LogP contribution in [-0.4, -0.2) is 91.8 Å². The molecule has 23 heavy (non-hydrogen) atoms. The summed E-state index contributed by atoms with van der Waals surface area (Å²) < 4.78 is 10.4. The first-order chi connectivity index (χ1) is 11.3. The molecule has 8 nitrogen and oxygen atoms in total. The van der Waals surface area contributed by atoms with E-state index in [9.17, 15) is 4.79 Å². The van der Waals surface area contributed by atoms with Crippen LogP contribution in [0.25, 0.3) is 0 Å². The SMILES string of the molecule is COc1ccnc(N2CCN(C(=O)CN3CCOCC3)CC2)n1. The van der Waals surface area contributed by atoms with E-state index in [-0.39, 0.29) is 5.91 Å². The maximum absolute atomic E-state index is 12.4. The molecule has 126 valence electrons. The van der Waals surface area contributed by atoms with Gasteiger partial charge in [0.2, 0.25) is 17.7 Å². The highest BCUT2D eigenvalue weighted by Crippen LogP contribution is 2.14. The summed E-state index contributed by atoms with van der Waals surface area (Å²) in [5, 5.41) is 0. The van der Waals surface area contributed by atoms with Crippen molar-refractivity contribution < 1.29 is 14.3 Å². The number of hydrogen-bond donors (Lipinski definition) is 0. The lowest BCUT2D eigenvalue weighted by Gasteiger charge is -2.36. The first-order valence-electron chi connectivity index (χ1n) is 7.96. The van der Waals surface area contributed by atoms with Crippen molar-refractivity contribution in [1.29, 1.82) is 0 Å². The van der Waals surface area contributed by atoms with Crippen LogP contribution < -0.4 is 9.64 Å². The number of morpholine rings is 1. The van der Waals surface area contributed by atoms with Gasteiger partial charge in [-0.05, 0) is 0 Å². The normalized spacial score (nSPS) is 19.7. The van der Waals surface area contributed by atoms with Crippen molar-refractivity contribution in [1.82, 2.24) is 19.8 Å². The van der Waals surface area contributed by atoms with E-state index in [2.05, 4.69) is 19.8 Å². The molecule has 1 aromatic rings. The molecule has 2 fully saturated rings. The van der Waals surface area contributed by atoms with Gasteiger partial charge in [0.05, 0.1) is 26.9 Å². The van der Waals surface area contributed by atoms with Crippen LogP contribution in [0.1, 0.15) is 0 Å². The minimum absolute atomic E-state index is 0.193. The Morgan fingerprint density at radius 2 is 1.96 bits per heavy atom. The number of ether oxygens (including phenoxy) is 2. The number of carbonyl (C=O) groups is 1. The number of hydrogen-bond acceptors (Lipinski definition) is 7. The molecule has 2 aliphatic rings. The minimum Gasteiger partial charge on any atom is -0.481 e. The van der Waals surface area contributed by atoms with E-state index in [1.165, 1.54) is 0 Å². The fourth-order valence-corrected chi connectivity index (χ4v) is 2.80. The van der Waals surface area contributed by atoms with Gasteiger partial charge in [-0.2, -0.15) is 4.98 Å². The lowest BCUT2D eigenvalue weighted by molar-refractivity contribution is -0.133. The highest BCUT2D eigenvalue weighted by molar-refractivity contribution is 5.78. The molecule has 2 saturated heterocycles. The summed E-state index contributed by atoms with van der Waals surface area (Å²) in [4.78, 5) is 27.2. The molecule has 1 aromatic heterocycles. The third-order valence-electron chi connectivity index (χ3n) is 4.20. The monoisotopic (exact) mass is 321 g/mol. The van der Waals surface area contributed by atoms with Crippen LogP contribution in [0.3, 0.4) is 0 Å². The molecular weight excluding hydrogens is 298 g/mol. The molecule has 0 saturated carbocycles. The molecule has 3 heterocycles. The van der Waals surface area contributed by atoms with Gasteiger partial charge in [0.1, 0.15) is 0 Å². The van der Waals surface area contributed by atoms with Gasteiger partial charge >= 0.3 is 0 Å². The van der Waals surface area contributed by atoms with E-state index in [0.29, 0.717) is 44.7 Å². The number of carbonyl (C=O) groups excluding carboxylic acids is 1. The molecule has 0 N–H and O–H groups in total. The highest BCUT2D eigenvalue weighted by atomic mass is 16.5. The van der Waals surface area contributed by atoms with Crippen LogP contribution in [0.2, 0.25) is 0 Å². The molecule has 1 amide bonds. The zero-order valence-electron chi connectivity index (χ0n) is 13.5. The molecule has 0 spiro atoms. The predicted octanol–water partition coefficient (Wildman–Crippen LogP) is -0.534. The van der Waals surface area contributed by atoms with E-state index in [1.807, 2.05) is 4.90 Å². The smallest absolute Gasteiger partial charge is 0.236 e. The van der Waals surface area contributed by atoms with Gasteiger partial charge in [-0.1, -0.05) is 0 Å². The third-order valence-corrected chi connectivity index (χ3v) is 4.20. The fraction of sp³-hybridized carbons (Fsp3) is 0.667. The summed E-state index contributed by atoms with van der Waals surface area (Å²) in [5.41, 5.74) is 0. The molecule has 0 aliphatic carbocycles. The number of piperazine rings is 1. The molecule has 0 radical (unpaired) electrons. The Kier molecular flexibility index (Phi) is 5.24. The maximum Gasteiger partial charge on any atom is 0.236 e. The first kappa shape index (κ1) is 15.9. The number of anilines is 1. The van der Waals surface area contributed by atoms with Crippen molar-refractivity contribution in [2.75, 3.05) is 71.0 Å². The number of rotatable bonds is 4. The van der Waals surface area contributed by atoms with Gasteiger partial charge in [0.15, 0.2) is 0 Å². The zero-order valence-corrected chi connectivity index (χ0v) is 13.5. The Morgan fingerprint density at radius 1 is 1.22 bits per heavy atom. The topological polar surface area (TPSA) is 71.0 Å². The van der Waals surface area contributed by atoms with Crippen molar-refractivity contribution in [3.8, 4) is 5.88 Å². The summed E-state index contributed by atoms with van der Waals surface area (Å²) in [7, 11) is 1.59. The average Bonchev–Trinajstić information content (AvgIpc) is 2.63. The second kappa shape index (κ2) is 7.56. The molecule has 3 rings (SSSR count). The third kappa shape index (κ3) is 4.08. The summed E-state index contributed by atoms with van der Waals surface area (Å²) in [6.45, 7) is 6.46. The van der Waals surface area contributed by atoms with Crippen molar-refractivity contribution in [2.24, 2.45) is 0 Å². The first-order valence-corrected chi connectivity index (χ1v) is 7.96. The van der Waals surface area contributed by atoms with Crippen molar-refractivity contribution in [2.45, 2.75) is 0 Å². The van der Waals surface area contributed by atoms with Crippen LogP contribution in [0.15, 0.2) is 12.3 Å². The lowest BCUT2D eigenvalue weighted by Crippen LogP contribution is -2.52. The largest absolute Gasteiger partial charge is 0.481 e. The van der Waals surface area contributed by atoms with Gasteiger partial charge < -0.3 is 19.3 Å². The van der Waals surface area contributed by atoms with Crippen LogP contribution in [-0.2, 0) is 9.53 Å². The van der Waals surface area contributed by atoms with Gasteiger partial charge in [0, 0.05) is 51.5 Å². The van der Waals surface area contributed by atoms with Crippen LogP contribution in [0, 0.1) is 0 Å². The molecule has 0 atom stereocenters. The summed E-state index contributed by atoms with van der Waals surface area (Å²) in [6.07, 6.45) is 1.69. The average molecular weight is 321 g/mol. The maximum atomic E-state index is 12.4. The standard InChI is InChI=1S/C15H23N5O3/c1-22-13-2-3-16-15(17-13)20-6-4-19(5-7-20)14(21)12-18-8-10-23-11-9-18/h2-3H,4-12H2,1H3. The summed E-state index contributed by atoms with van der Waals surface area (Å²) in [5.74, 6) is 1.41. The van der Waals surface area contributed by atoms with Gasteiger partial charge in [-0.15, -0.1) is 0 Å². The molecule has 0 bridgehead atoms. The fourth-order valence-electron chi connectivity index (χ4n) is 2.80. The Bertz CT molecular complexity index is 528. The number of amides is 1. The Hall–Kier alpha value is -1.93. The molecule has 8 heteroatoms. The number of nitrogens with zero attached hydrogens (tertiary/aromatic N) is 5. The summed E-state index contributed by atoms with van der Waals surface area (Å²) in [6, 6.07) is 1.73. The molecular formula is C15H23N5O3. The number of aromatic nitrogens is 2. The predicted molar refractivity (Wildman–Crippen MR) is 84.6 cm³/mol. The Morgan fingerprint density at radius 3 is 2.65 bits per heavy atom. The van der Waals surface area contributed by atoms with Crippen LogP contribution >= 0.6 is 0 Å². The minimum atomic E-state index is 0.193. The van der Waals surface area contributed by atoms with E-state index >= 15 is 0 Å².